The maximum absolute atomic E-state index is 4.35. The van der Waals surface area contributed by atoms with Crippen molar-refractivity contribution >= 4 is 12.6 Å². The number of hydrogen-bond acceptors (Lipinski definition) is 1. The van der Waals surface area contributed by atoms with E-state index in [4.69, 9.17) is 0 Å². The van der Waals surface area contributed by atoms with E-state index in [1.807, 2.05) is 4.90 Å². The molecular weight excluding hydrogens is 156 g/mol. The zero-order chi connectivity index (χ0) is 7.68. The SMILES string of the molecule is SC[C@H]1C[NH+]2CCC[C@H]2C[NH2+]1. The highest BCUT2D eigenvalue weighted by atomic mass is 32.1. The molecule has 2 aliphatic rings. The molecule has 2 heterocycles. The highest BCUT2D eigenvalue weighted by Gasteiger charge is 2.36. The molecule has 2 rings (SSSR count). The molecular formula is C8H18N2S+2. The number of fused-ring (bicyclic) bond motifs is 1. The third-order valence-electron chi connectivity index (χ3n) is 3.14. The monoisotopic (exact) mass is 174 g/mol. The molecule has 0 bridgehead atoms. The second-order valence-corrected chi connectivity index (χ2v) is 4.23. The van der Waals surface area contributed by atoms with Gasteiger partial charge in [-0.1, -0.05) is 0 Å². The van der Waals surface area contributed by atoms with Crippen molar-refractivity contribution in [2.75, 3.05) is 25.4 Å². The van der Waals surface area contributed by atoms with Gasteiger partial charge in [0.2, 0.25) is 0 Å². The van der Waals surface area contributed by atoms with Gasteiger partial charge in [-0.2, -0.15) is 12.6 Å². The normalized spacial score (nSPS) is 43.9. The van der Waals surface area contributed by atoms with Gasteiger partial charge >= 0.3 is 0 Å². The second-order valence-electron chi connectivity index (χ2n) is 3.87. The number of rotatable bonds is 1. The molecule has 0 spiro atoms. The molecule has 1 unspecified atom stereocenters. The summed E-state index contributed by atoms with van der Waals surface area (Å²) in [6.07, 6.45) is 2.91. The highest BCUT2D eigenvalue weighted by Crippen LogP contribution is 1.99. The van der Waals surface area contributed by atoms with Gasteiger partial charge in [-0.3, -0.25) is 0 Å². The van der Waals surface area contributed by atoms with Crippen LogP contribution in [0.3, 0.4) is 0 Å². The Balaban J connectivity index is 1.91. The van der Waals surface area contributed by atoms with E-state index in [-0.39, 0.29) is 0 Å². The Kier molecular flexibility index (Phi) is 2.39. The molecule has 11 heavy (non-hydrogen) atoms. The summed E-state index contributed by atoms with van der Waals surface area (Å²) in [5.74, 6) is 1.05. The quantitative estimate of drug-likeness (QED) is 0.379. The molecule has 3 heteroatoms. The number of quaternary nitrogens is 2. The largest absolute Gasteiger partial charge is 0.334 e. The number of hydrogen-bond donors (Lipinski definition) is 3. The summed E-state index contributed by atoms with van der Waals surface area (Å²) in [7, 11) is 0. The van der Waals surface area contributed by atoms with Crippen molar-refractivity contribution in [3.63, 3.8) is 0 Å². The summed E-state index contributed by atoms with van der Waals surface area (Å²) >= 11 is 4.35. The first kappa shape index (κ1) is 7.90. The van der Waals surface area contributed by atoms with Gasteiger partial charge < -0.3 is 10.2 Å². The number of nitrogens with one attached hydrogen (secondary N) is 1. The molecule has 0 aromatic rings. The summed E-state index contributed by atoms with van der Waals surface area (Å²) in [4.78, 5) is 1.85. The molecule has 2 aliphatic heterocycles. The Bertz CT molecular complexity index is 140. The fourth-order valence-corrected chi connectivity index (χ4v) is 2.73. The van der Waals surface area contributed by atoms with E-state index < -0.39 is 0 Å². The van der Waals surface area contributed by atoms with E-state index in [2.05, 4.69) is 17.9 Å². The molecule has 3 N–H and O–H groups in total. The zero-order valence-electron chi connectivity index (χ0n) is 6.92. The summed E-state index contributed by atoms with van der Waals surface area (Å²) in [6, 6.07) is 1.77. The minimum atomic E-state index is 0.794. The first-order valence-corrected chi connectivity index (χ1v) is 5.32. The molecule has 2 nitrogen and oxygen atoms in total. The standard InChI is InChI=1S/C8H16N2S/c11-6-7-5-10-3-1-2-8(10)4-9-7/h7-9,11H,1-6H2/p+2/t7-,8+/m1/s1. The van der Waals surface area contributed by atoms with Crippen LogP contribution < -0.4 is 10.2 Å². The molecule has 0 aliphatic carbocycles. The lowest BCUT2D eigenvalue weighted by Crippen LogP contribution is -3.24. The topological polar surface area (TPSA) is 21.1 Å². The van der Waals surface area contributed by atoms with E-state index in [1.165, 1.54) is 32.5 Å². The molecule has 3 atom stereocenters. The van der Waals surface area contributed by atoms with Crippen LogP contribution in [0.5, 0.6) is 0 Å². The fourth-order valence-electron chi connectivity index (χ4n) is 2.45. The van der Waals surface area contributed by atoms with E-state index in [9.17, 15) is 0 Å². The fraction of sp³-hybridized carbons (Fsp3) is 1.00. The maximum atomic E-state index is 4.35. The van der Waals surface area contributed by atoms with Gasteiger partial charge in [0.05, 0.1) is 6.54 Å². The molecule has 64 valence electrons. The van der Waals surface area contributed by atoms with Gasteiger partial charge in [0.25, 0.3) is 0 Å². The molecule has 0 amide bonds. The van der Waals surface area contributed by atoms with E-state index in [0.717, 1.165) is 17.8 Å². The van der Waals surface area contributed by atoms with Crippen LogP contribution in [0.4, 0.5) is 0 Å². The third kappa shape index (κ3) is 1.55. The second kappa shape index (κ2) is 3.33. The van der Waals surface area contributed by atoms with Gasteiger partial charge in [-0.15, -0.1) is 0 Å². The van der Waals surface area contributed by atoms with Crippen LogP contribution in [0.15, 0.2) is 0 Å². The number of nitrogens with two attached hydrogens (primary N) is 1. The molecule has 0 saturated carbocycles. The molecule has 2 saturated heterocycles. The average Bonchev–Trinajstić information content (AvgIpc) is 2.50. The number of piperazine rings is 1. The van der Waals surface area contributed by atoms with Gasteiger partial charge in [0.1, 0.15) is 25.2 Å². The van der Waals surface area contributed by atoms with Crippen LogP contribution in [0.2, 0.25) is 0 Å². The minimum absolute atomic E-state index is 0.794. The van der Waals surface area contributed by atoms with Crippen molar-refractivity contribution in [2.24, 2.45) is 0 Å². The van der Waals surface area contributed by atoms with E-state index in [0.29, 0.717) is 0 Å². The predicted octanol–water partition coefficient (Wildman–Crippen LogP) is -2.09. The van der Waals surface area contributed by atoms with Crippen LogP contribution in [0.1, 0.15) is 12.8 Å². The van der Waals surface area contributed by atoms with Gasteiger partial charge in [0, 0.05) is 18.6 Å². The Morgan fingerprint density at radius 1 is 1.55 bits per heavy atom. The lowest BCUT2D eigenvalue weighted by Gasteiger charge is -2.29. The molecule has 0 aromatic carbocycles. The summed E-state index contributed by atoms with van der Waals surface area (Å²) in [5, 5.41) is 2.49. The summed E-state index contributed by atoms with van der Waals surface area (Å²) in [5.41, 5.74) is 0. The van der Waals surface area contributed by atoms with Crippen molar-refractivity contribution in [1.82, 2.24) is 0 Å². The summed E-state index contributed by atoms with van der Waals surface area (Å²) < 4.78 is 0. The Hall–Kier alpha value is 0.270. The number of thiol groups is 1. The van der Waals surface area contributed by atoms with Crippen LogP contribution in [0, 0.1) is 0 Å². The Morgan fingerprint density at radius 2 is 2.45 bits per heavy atom. The first-order chi connectivity index (χ1) is 5.40. The predicted molar refractivity (Wildman–Crippen MR) is 48.2 cm³/mol. The zero-order valence-corrected chi connectivity index (χ0v) is 7.82. The molecule has 0 radical (unpaired) electrons. The van der Waals surface area contributed by atoms with Crippen molar-refractivity contribution in [2.45, 2.75) is 24.9 Å². The molecule has 0 aromatic heterocycles. The Labute approximate surface area is 73.7 Å². The van der Waals surface area contributed by atoms with Gasteiger partial charge in [-0.25, -0.2) is 0 Å². The van der Waals surface area contributed by atoms with Crippen molar-refractivity contribution in [3.05, 3.63) is 0 Å². The van der Waals surface area contributed by atoms with Crippen molar-refractivity contribution < 1.29 is 10.2 Å². The van der Waals surface area contributed by atoms with Gasteiger partial charge in [0.15, 0.2) is 0 Å². The smallest absolute Gasteiger partial charge is 0.144 e. The van der Waals surface area contributed by atoms with Crippen LogP contribution in [0.25, 0.3) is 0 Å². The highest BCUT2D eigenvalue weighted by molar-refractivity contribution is 7.80. The molecule has 2 fully saturated rings. The van der Waals surface area contributed by atoms with Crippen molar-refractivity contribution in [3.8, 4) is 0 Å². The van der Waals surface area contributed by atoms with E-state index in [1.54, 1.807) is 0 Å². The van der Waals surface area contributed by atoms with Gasteiger partial charge in [-0.05, 0) is 0 Å². The minimum Gasteiger partial charge on any atom is -0.334 e. The lowest BCUT2D eigenvalue weighted by atomic mass is 10.1. The summed E-state index contributed by atoms with van der Waals surface area (Å²) in [6.45, 7) is 4.12. The van der Waals surface area contributed by atoms with Crippen LogP contribution >= 0.6 is 12.6 Å². The lowest BCUT2D eigenvalue weighted by molar-refractivity contribution is -0.968. The average molecular weight is 174 g/mol. The van der Waals surface area contributed by atoms with Crippen LogP contribution in [-0.2, 0) is 0 Å². The maximum Gasteiger partial charge on any atom is 0.144 e. The van der Waals surface area contributed by atoms with Crippen LogP contribution in [-0.4, -0.2) is 37.5 Å². The van der Waals surface area contributed by atoms with E-state index >= 15 is 0 Å². The third-order valence-corrected chi connectivity index (χ3v) is 3.61. The Morgan fingerprint density at radius 3 is 3.27 bits per heavy atom. The van der Waals surface area contributed by atoms with Crippen molar-refractivity contribution in [1.29, 1.82) is 0 Å². The first-order valence-electron chi connectivity index (χ1n) is 4.69.